The summed E-state index contributed by atoms with van der Waals surface area (Å²) < 4.78 is 42.7. The number of hydrogen-bond donors (Lipinski definition) is 0. The van der Waals surface area contributed by atoms with Gasteiger partial charge in [0.05, 0.1) is 0 Å². The average Bonchev–Trinajstić information content (AvgIpc) is 2.14. The van der Waals surface area contributed by atoms with Crippen LogP contribution in [0.2, 0.25) is 5.82 Å². The Hall–Kier alpha value is 1.12. The van der Waals surface area contributed by atoms with Crippen molar-refractivity contribution in [3.8, 4) is 0 Å². The van der Waals surface area contributed by atoms with Crippen LogP contribution in [0.4, 0.5) is 12.9 Å². The van der Waals surface area contributed by atoms with Crippen molar-refractivity contribution in [3.05, 3.63) is 0 Å². The van der Waals surface area contributed by atoms with E-state index in [9.17, 15) is 17.7 Å². The van der Waals surface area contributed by atoms with Gasteiger partial charge in [-0.2, -0.15) is 0 Å². The van der Waals surface area contributed by atoms with Gasteiger partial charge in [0.1, 0.15) is 5.78 Å². The number of hydrogen-bond acceptors (Lipinski definition) is 2. The van der Waals surface area contributed by atoms with E-state index >= 15 is 0 Å². The van der Waals surface area contributed by atoms with Crippen molar-refractivity contribution < 1.29 is 73.9 Å². The summed E-state index contributed by atoms with van der Waals surface area (Å²) in [6.45, 7) is -4.30. The van der Waals surface area contributed by atoms with E-state index in [2.05, 4.69) is 0 Å². The minimum atomic E-state index is -4.87. The van der Waals surface area contributed by atoms with E-state index in [4.69, 9.17) is 4.74 Å². The molecule has 0 aromatic rings. The van der Waals surface area contributed by atoms with Gasteiger partial charge in [-0.15, -0.1) is 0 Å². The van der Waals surface area contributed by atoms with E-state index in [0.717, 1.165) is 0 Å². The fraction of sp³-hybridized carbons (Fsp3) is 0.875. The van der Waals surface area contributed by atoms with Crippen LogP contribution in [0, 0.1) is 5.41 Å². The van der Waals surface area contributed by atoms with E-state index in [0.29, 0.717) is 0 Å². The summed E-state index contributed by atoms with van der Waals surface area (Å²) in [7, 11) is 0. The third kappa shape index (κ3) is 2.37. The maximum atomic E-state index is 12.6. The molecule has 1 heterocycles. The molecule has 0 radical (unpaired) electrons. The third-order valence-electron chi connectivity index (χ3n) is 3.51. The summed E-state index contributed by atoms with van der Waals surface area (Å²) in [5.74, 6) is -1.58. The molecule has 0 N–H and O–H groups in total. The van der Waals surface area contributed by atoms with Crippen molar-refractivity contribution in [2.45, 2.75) is 25.1 Å². The molecule has 2 nitrogen and oxygen atoms in total. The third-order valence-corrected chi connectivity index (χ3v) is 3.51. The second-order valence-corrected chi connectivity index (χ2v) is 4.13. The van der Waals surface area contributed by atoms with E-state index in [1.165, 1.54) is 0 Å². The second-order valence-electron chi connectivity index (χ2n) is 4.13. The first-order valence-corrected chi connectivity index (χ1v) is 4.78. The maximum Gasteiger partial charge on any atom is 1.00 e. The van der Waals surface area contributed by atoms with E-state index < -0.39 is 18.2 Å². The van der Waals surface area contributed by atoms with Crippen molar-refractivity contribution >= 4 is 12.8 Å². The Morgan fingerprint density at radius 2 is 1.80 bits per heavy atom. The molecule has 1 aliphatic carbocycles. The molecule has 2 aliphatic rings. The Morgan fingerprint density at radius 1 is 1.27 bits per heavy atom. The topological polar surface area (TPSA) is 26.3 Å². The van der Waals surface area contributed by atoms with Gasteiger partial charge in [0.25, 0.3) is 0 Å². The quantitative estimate of drug-likeness (QED) is 0.553. The fourth-order valence-electron chi connectivity index (χ4n) is 2.55. The van der Waals surface area contributed by atoms with Gasteiger partial charge in [-0.05, 0) is 19.3 Å². The first-order chi connectivity index (χ1) is 6.47. The molecule has 1 saturated carbocycles. The van der Waals surface area contributed by atoms with Crippen molar-refractivity contribution in [3.63, 3.8) is 0 Å². The summed E-state index contributed by atoms with van der Waals surface area (Å²) in [6.07, 6.45) is 0.193. The van der Waals surface area contributed by atoms with Gasteiger partial charge >= 0.3 is 58.4 Å². The second kappa shape index (κ2) is 4.78. The van der Waals surface area contributed by atoms with Crippen molar-refractivity contribution in [2.75, 3.05) is 13.2 Å². The van der Waals surface area contributed by atoms with Crippen molar-refractivity contribution in [1.29, 1.82) is 0 Å². The maximum absolute atomic E-state index is 12.6. The van der Waals surface area contributed by atoms with Gasteiger partial charge in [0.2, 0.25) is 0 Å². The number of ketones is 1. The number of halogens is 3. The van der Waals surface area contributed by atoms with Crippen LogP contribution in [0.1, 0.15) is 19.3 Å². The van der Waals surface area contributed by atoms with Crippen LogP contribution < -0.4 is 51.4 Å². The van der Waals surface area contributed by atoms with E-state index in [1.54, 1.807) is 0 Å². The molecule has 0 aromatic carbocycles. The summed E-state index contributed by atoms with van der Waals surface area (Å²) in [5.41, 5.74) is -1.10. The molecule has 1 spiro atoms. The van der Waals surface area contributed by atoms with Crippen LogP contribution in [-0.2, 0) is 9.53 Å². The van der Waals surface area contributed by atoms with E-state index in [1.807, 2.05) is 0 Å². The van der Waals surface area contributed by atoms with E-state index in [-0.39, 0.29) is 89.6 Å². The number of ether oxygens (including phenoxy) is 1. The van der Waals surface area contributed by atoms with Crippen molar-refractivity contribution in [1.82, 2.24) is 0 Å². The summed E-state index contributed by atoms with van der Waals surface area (Å²) in [6, 6.07) is 0. The zero-order chi connectivity index (χ0) is 10.4. The molecule has 1 atom stereocenters. The Kier molecular flexibility index (Phi) is 4.52. The van der Waals surface area contributed by atoms with Gasteiger partial charge in [0, 0.05) is 18.6 Å². The summed E-state index contributed by atoms with van der Waals surface area (Å²) in [5, 5.41) is 0. The minimum absolute atomic E-state index is 0. The first kappa shape index (κ1) is 14.2. The molecule has 2 rings (SSSR count). The van der Waals surface area contributed by atoms with Crippen LogP contribution >= 0.6 is 0 Å². The molecule has 80 valence electrons. The molecule has 0 bridgehead atoms. The van der Waals surface area contributed by atoms with Gasteiger partial charge < -0.3 is 17.7 Å². The molecular formula is C8H11BF3KO2. The molecular weight excluding hydrogens is 235 g/mol. The molecule has 2 fully saturated rings. The predicted molar refractivity (Wildman–Crippen MR) is 44.9 cm³/mol. The van der Waals surface area contributed by atoms with Gasteiger partial charge in [-0.3, -0.25) is 4.79 Å². The Balaban J connectivity index is 0.00000112. The SMILES string of the molecule is O=C1CC([B-](F)(F)F)C12CCOCC2.[K+]. The molecule has 0 aromatic heterocycles. The minimum Gasteiger partial charge on any atom is -0.449 e. The number of Topliss-reactive ketones (excluding diaryl/α,β-unsaturated/α-hetero) is 1. The van der Waals surface area contributed by atoms with Crippen LogP contribution in [0.25, 0.3) is 0 Å². The number of carbonyl (C=O) groups is 1. The predicted octanol–water partition coefficient (Wildman–Crippen LogP) is -1.02. The van der Waals surface area contributed by atoms with Crippen LogP contribution in [0.5, 0.6) is 0 Å². The molecule has 1 saturated heterocycles. The summed E-state index contributed by atoms with van der Waals surface area (Å²) >= 11 is 0. The van der Waals surface area contributed by atoms with Gasteiger partial charge in [-0.1, -0.05) is 5.82 Å². The van der Waals surface area contributed by atoms with Crippen LogP contribution in [0.15, 0.2) is 0 Å². The average molecular weight is 246 g/mol. The monoisotopic (exact) mass is 246 g/mol. The van der Waals surface area contributed by atoms with Gasteiger partial charge in [0.15, 0.2) is 0 Å². The Morgan fingerprint density at radius 3 is 2.20 bits per heavy atom. The largest absolute Gasteiger partial charge is 1.00 e. The Bertz CT molecular complexity index is 263. The number of carbonyl (C=O) groups excluding carboxylic acids is 1. The number of rotatable bonds is 1. The zero-order valence-electron chi connectivity index (χ0n) is 8.64. The van der Waals surface area contributed by atoms with Gasteiger partial charge in [-0.25, -0.2) is 0 Å². The summed E-state index contributed by atoms with van der Waals surface area (Å²) in [4.78, 5) is 11.3. The smallest absolute Gasteiger partial charge is 0.449 e. The zero-order valence-corrected chi connectivity index (χ0v) is 11.8. The van der Waals surface area contributed by atoms with Crippen LogP contribution in [0.3, 0.4) is 0 Å². The molecule has 1 aliphatic heterocycles. The first-order valence-electron chi connectivity index (χ1n) is 4.78. The fourth-order valence-corrected chi connectivity index (χ4v) is 2.55. The van der Waals surface area contributed by atoms with Crippen molar-refractivity contribution in [2.24, 2.45) is 5.41 Å². The molecule has 0 amide bonds. The Labute approximate surface area is 129 Å². The van der Waals surface area contributed by atoms with Crippen LogP contribution in [-0.4, -0.2) is 26.0 Å². The molecule has 7 heteroatoms. The normalized spacial score (nSPS) is 29.5. The molecule has 15 heavy (non-hydrogen) atoms. The molecule has 1 unspecified atom stereocenters. The standard InChI is InChI=1S/C8H11BF3O2.K/c10-9(11,12)6-5-7(13)8(6)1-3-14-4-2-8;/h6H,1-5H2;/q-1;+1.